The van der Waals surface area contributed by atoms with Gasteiger partial charge in [-0.25, -0.2) is 0 Å². The fourth-order valence-corrected chi connectivity index (χ4v) is 4.04. The van der Waals surface area contributed by atoms with Crippen LogP contribution in [0, 0.1) is 0 Å². The van der Waals surface area contributed by atoms with Crippen molar-refractivity contribution in [1.29, 1.82) is 0 Å². The molecule has 1 aliphatic rings. The molecule has 3 aromatic carbocycles. The van der Waals surface area contributed by atoms with Crippen LogP contribution in [0.5, 0.6) is 5.75 Å². The van der Waals surface area contributed by atoms with Gasteiger partial charge in [-0.2, -0.15) is 0 Å². The van der Waals surface area contributed by atoms with Gasteiger partial charge in [0.1, 0.15) is 11.6 Å². The second kappa shape index (κ2) is 8.60. The van der Waals surface area contributed by atoms with E-state index < -0.39 is 0 Å². The first-order valence-corrected chi connectivity index (χ1v) is 10.7. The molecule has 0 atom stereocenters. The predicted octanol–water partition coefficient (Wildman–Crippen LogP) is 4.84. The summed E-state index contributed by atoms with van der Waals surface area (Å²) >= 11 is 0. The summed E-state index contributed by atoms with van der Waals surface area (Å²) in [5.74, 6) is 2.38. The molecular weight excluding hydrogens is 388 g/mol. The Balaban J connectivity index is 1.26. The minimum Gasteiger partial charge on any atom is -0.484 e. The lowest BCUT2D eigenvalue weighted by Crippen LogP contribution is -2.20. The third kappa shape index (κ3) is 4.28. The average Bonchev–Trinajstić information content (AvgIpc) is 3.06. The number of amides is 1. The van der Waals surface area contributed by atoms with E-state index in [0.29, 0.717) is 5.75 Å². The van der Waals surface area contributed by atoms with Gasteiger partial charge < -0.3 is 14.6 Å². The van der Waals surface area contributed by atoms with E-state index in [1.165, 1.54) is 6.42 Å². The van der Waals surface area contributed by atoms with Crippen molar-refractivity contribution in [3.8, 4) is 17.1 Å². The summed E-state index contributed by atoms with van der Waals surface area (Å²) in [6, 6.07) is 21.6. The lowest BCUT2D eigenvalue weighted by molar-refractivity contribution is -0.118. The predicted molar refractivity (Wildman–Crippen MR) is 121 cm³/mol. The zero-order chi connectivity index (χ0) is 21.0. The van der Waals surface area contributed by atoms with Gasteiger partial charge in [0.05, 0.1) is 0 Å². The highest BCUT2D eigenvalue weighted by Gasteiger charge is 2.16. The number of hydrogen-bond donors (Lipinski definition) is 1. The van der Waals surface area contributed by atoms with Crippen molar-refractivity contribution in [3.05, 3.63) is 72.6 Å². The Labute approximate surface area is 180 Å². The van der Waals surface area contributed by atoms with E-state index in [2.05, 4.69) is 20.1 Å². The highest BCUT2D eigenvalue weighted by atomic mass is 16.5. The van der Waals surface area contributed by atoms with Crippen molar-refractivity contribution >= 4 is 22.4 Å². The summed E-state index contributed by atoms with van der Waals surface area (Å²) in [5, 5.41) is 13.9. The number of aryl methyl sites for hydroxylation is 1. The third-order valence-electron chi connectivity index (χ3n) is 5.60. The molecule has 0 saturated heterocycles. The molecule has 5 rings (SSSR count). The maximum absolute atomic E-state index is 12.5. The van der Waals surface area contributed by atoms with Gasteiger partial charge in [0.25, 0.3) is 5.91 Å². The van der Waals surface area contributed by atoms with Gasteiger partial charge in [-0.3, -0.25) is 4.79 Å². The summed E-state index contributed by atoms with van der Waals surface area (Å²) in [5.41, 5.74) is 1.67. The molecular formula is C25H24N4O2. The first-order chi connectivity index (χ1) is 15.3. The molecule has 0 saturated carbocycles. The zero-order valence-electron chi connectivity index (χ0n) is 17.3. The Morgan fingerprint density at radius 2 is 1.84 bits per heavy atom. The Kier molecular flexibility index (Phi) is 5.35. The van der Waals surface area contributed by atoms with Crippen LogP contribution in [0.25, 0.3) is 22.2 Å². The Bertz CT molecular complexity index is 1230. The number of fused-ring (bicyclic) bond motifs is 2. The second-order valence-electron chi connectivity index (χ2n) is 7.83. The van der Waals surface area contributed by atoms with Gasteiger partial charge in [0, 0.05) is 24.2 Å². The Morgan fingerprint density at radius 3 is 2.77 bits per heavy atom. The van der Waals surface area contributed by atoms with E-state index in [0.717, 1.165) is 59.5 Å². The van der Waals surface area contributed by atoms with E-state index in [4.69, 9.17) is 4.74 Å². The van der Waals surface area contributed by atoms with Gasteiger partial charge >= 0.3 is 0 Å². The van der Waals surface area contributed by atoms with Gasteiger partial charge in [-0.1, -0.05) is 48.9 Å². The fourth-order valence-electron chi connectivity index (χ4n) is 4.04. The molecule has 2 heterocycles. The minimum atomic E-state index is -0.203. The van der Waals surface area contributed by atoms with Crippen molar-refractivity contribution in [2.45, 2.75) is 32.2 Å². The number of carbonyl (C=O) groups excluding carboxylic acids is 1. The molecule has 0 fully saturated rings. The monoisotopic (exact) mass is 412 g/mol. The summed E-state index contributed by atoms with van der Waals surface area (Å²) in [6.45, 7) is 0.886. The van der Waals surface area contributed by atoms with Crippen LogP contribution in [-0.2, 0) is 17.8 Å². The van der Waals surface area contributed by atoms with Gasteiger partial charge in [-0.15, -0.1) is 10.2 Å². The van der Waals surface area contributed by atoms with Crippen molar-refractivity contribution in [1.82, 2.24) is 14.8 Å². The zero-order valence-corrected chi connectivity index (χ0v) is 17.3. The molecule has 1 N–H and O–H groups in total. The van der Waals surface area contributed by atoms with E-state index in [1.807, 2.05) is 66.7 Å². The second-order valence-corrected chi connectivity index (χ2v) is 7.83. The van der Waals surface area contributed by atoms with Crippen molar-refractivity contribution in [2.24, 2.45) is 0 Å². The molecule has 6 heteroatoms. The molecule has 156 valence electrons. The van der Waals surface area contributed by atoms with E-state index in [9.17, 15) is 4.79 Å². The van der Waals surface area contributed by atoms with Gasteiger partial charge in [0.2, 0.25) is 0 Å². The summed E-state index contributed by atoms with van der Waals surface area (Å²) in [4.78, 5) is 12.5. The molecule has 0 spiro atoms. The highest BCUT2D eigenvalue weighted by Crippen LogP contribution is 2.25. The average molecular weight is 412 g/mol. The van der Waals surface area contributed by atoms with Gasteiger partial charge in [-0.05, 0) is 47.9 Å². The third-order valence-corrected chi connectivity index (χ3v) is 5.60. The largest absolute Gasteiger partial charge is 0.484 e. The van der Waals surface area contributed by atoms with Crippen LogP contribution in [0.2, 0.25) is 0 Å². The molecule has 0 aliphatic carbocycles. The van der Waals surface area contributed by atoms with E-state index >= 15 is 0 Å². The molecule has 4 aromatic rings. The van der Waals surface area contributed by atoms with Crippen molar-refractivity contribution in [2.75, 3.05) is 11.9 Å². The topological polar surface area (TPSA) is 69.0 Å². The number of anilines is 1. The smallest absolute Gasteiger partial charge is 0.262 e. The molecule has 0 bridgehead atoms. The number of aromatic nitrogens is 3. The molecule has 0 unspecified atom stereocenters. The quantitative estimate of drug-likeness (QED) is 0.509. The lowest BCUT2D eigenvalue weighted by atomic mass is 10.1. The van der Waals surface area contributed by atoms with Crippen LogP contribution >= 0.6 is 0 Å². The van der Waals surface area contributed by atoms with Crippen LogP contribution in [0.3, 0.4) is 0 Å². The molecule has 0 radical (unpaired) electrons. The Hall–Kier alpha value is -3.67. The van der Waals surface area contributed by atoms with Crippen molar-refractivity contribution in [3.63, 3.8) is 0 Å². The first-order valence-electron chi connectivity index (χ1n) is 10.7. The normalized spacial score (nSPS) is 13.4. The number of carbonyl (C=O) groups is 1. The molecule has 1 aromatic heterocycles. The van der Waals surface area contributed by atoms with Gasteiger partial charge in [0.15, 0.2) is 12.4 Å². The van der Waals surface area contributed by atoms with E-state index in [1.54, 1.807) is 0 Å². The standard InChI is InChI=1S/C25H24N4O2/c30-24(17-31-22-13-12-18-7-3-4-8-19(18)16-22)26-21-10-6-9-20(15-21)25-28-27-23-11-2-1-5-14-29(23)25/h3-4,6-10,12-13,15-16H,1-2,5,11,14,17H2,(H,26,30). The van der Waals surface area contributed by atoms with Crippen LogP contribution in [0.1, 0.15) is 25.1 Å². The molecule has 31 heavy (non-hydrogen) atoms. The SMILES string of the molecule is O=C(COc1ccc2ccccc2c1)Nc1cccc(-c2nnc3n2CCCCC3)c1. The van der Waals surface area contributed by atoms with E-state index in [-0.39, 0.29) is 12.5 Å². The van der Waals surface area contributed by atoms with Crippen LogP contribution in [0.4, 0.5) is 5.69 Å². The maximum Gasteiger partial charge on any atom is 0.262 e. The summed E-state index contributed by atoms with van der Waals surface area (Å²) in [7, 11) is 0. The number of rotatable bonds is 5. The number of hydrogen-bond acceptors (Lipinski definition) is 4. The number of nitrogens with one attached hydrogen (secondary N) is 1. The van der Waals surface area contributed by atoms with Crippen LogP contribution < -0.4 is 10.1 Å². The summed E-state index contributed by atoms with van der Waals surface area (Å²) in [6.07, 6.45) is 4.48. The molecule has 1 aliphatic heterocycles. The van der Waals surface area contributed by atoms with Crippen LogP contribution in [0.15, 0.2) is 66.7 Å². The summed E-state index contributed by atoms with van der Waals surface area (Å²) < 4.78 is 7.91. The Morgan fingerprint density at radius 1 is 0.935 bits per heavy atom. The fraction of sp³-hybridized carbons (Fsp3) is 0.240. The highest BCUT2D eigenvalue weighted by molar-refractivity contribution is 5.92. The first kappa shape index (κ1) is 19.3. The molecule has 1 amide bonds. The van der Waals surface area contributed by atoms with Crippen molar-refractivity contribution < 1.29 is 9.53 Å². The number of benzene rings is 3. The lowest BCUT2D eigenvalue weighted by Gasteiger charge is -2.10. The minimum absolute atomic E-state index is 0.0527. The number of ether oxygens (including phenoxy) is 1. The van der Waals surface area contributed by atoms with Crippen LogP contribution in [-0.4, -0.2) is 27.3 Å². The number of nitrogens with zero attached hydrogens (tertiary/aromatic N) is 3. The molecule has 6 nitrogen and oxygen atoms in total. The maximum atomic E-state index is 12.5.